The minimum Gasteiger partial charge on any atom is -0.378 e. The fourth-order valence-corrected chi connectivity index (χ4v) is 2.97. The molecule has 2 N–H and O–H groups in total. The summed E-state index contributed by atoms with van der Waals surface area (Å²) in [7, 11) is 0. The molecule has 0 spiro atoms. The molecule has 3 heteroatoms. The third kappa shape index (κ3) is 2.72. The second-order valence-electron chi connectivity index (χ2n) is 5.12. The Hall–Kier alpha value is -0.380. The van der Waals surface area contributed by atoms with Crippen molar-refractivity contribution in [2.24, 2.45) is 11.7 Å². The fraction of sp³-hybridized carbons (Fsp3) is 0.571. The van der Waals surface area contributed by atoms with Crippen LogP contribution in [0.25, 0.3) is 0 Å². The van der Waals surface area contributed by atoms with Gasteiger partial charge in [0.2, 0.25) is 0 Å². The summed E-state index contributed by atoms with van der Waals surface area (Å²) >= 11 is 3.56. The molecule has 3 unspecified atom stereocenters. The molecule has 2 nitrogen and oxygen atoms in total. The standard InChI is InChI=1S/C14H20BrNO/c1-8-5-13(15)9(2)4-12(8)14(16)11-6-10(3)17-7-11/h4-5,10-11,14H,6-7,16H2,1-3H3. The first-order valence-electron chi connectivity index (χ1n) is 6.13. The highest BCUT2D eigenvalue weighted by Gasteiger charge is 2.29. The molecule has 0 bridgehead atoms. The van der Waals surface area contributed by atoms with Crippen LogP contribution in [0, 0.1) is 19.8 Å². The quantitative estimate of drug-likeness (QED) is 0.907. The molecular weight excluding hydrogens is 278 g/mol. The molecule has 94 valence electrons. The molecule has 0 aliphatic carbocycles. The minimum absolute atomic E-state index is 0.0896. The van der Waals surface area contributed by atoms with Gasteiger partial charge < -0.3 is 10.5 Å². The first-order valence-corrected chi connectivity index (χ1v) is 6.92. The van der Waals surface area contributed by atoms with Crippen LogP contribution in [0.4, 0.5) is 0 Å². The van der Waals surface area contributed by atoms with E-state index in [0.29, 0.717) is 12.0 Å². The third-order valence-corrected chi connectivity index (χ3v) is 4.50. The van der Waals surface area contributed by atoms with E-state index in [-0.39, 0.29) is 6.04 Å². The van der Waals surface area contributed by atoms with Crippen LogP contribution in [0.5, 0.6) is 0 Å². The normalized spacial score (nSPS) is 26.2. The smallest absolute Gasteiger partial charge is 0.0551 e. The van der Waals surface area contributed by atoms with Gasteiger partial charge in [-0.2, -0.15) is 0 Å². The summed E-state index contributed by atoms with van der Waals surface area (Å²) in [5.74, 6) is 0.448. The highest BCUT2D eigenvalue weighted by molar-refractivity contribution is 9.10. The maximum Gasteiger partial charge on any atom is 0.0551 e. The maximum absolute atomic E-state index is 6.39. The van der Waals surface area contributed by atoms with Gasteiger partial charge in [0.05, 0.1) is 12.7 Å². The Labute approximate surface area is 112 Å². The summed E-state index contributed by atoms with van der Waals surface area (Å²) in [6.45, 7) is 7.13. The van der Waals surface area contributed by atoms with E-state index in [1.54, 1.807) is 0 Å². The number of aryl methyl sites for hydroxylation is 2. The molecule has 1 fully saturated rings. The number of nitrogens with two attached hydrogens (primary N) is 1. The predicted molar refractivity (Wildman–Crippen MR) is 74.1 cm³/mol. The molecule has 0 amide bonds. The van der Waals surface area contributed by atoms with Crippen molar-refractivity contribution in [2.45, 2.75) is 39.3 Å². The summed E-state index contributed by atoms with van der Waals surface area (Å²) in [5, 5.41) is 0. The van der Waals surface area contributed by atoms with Gasteiger partial charge in [0.1, 0.15) is 0 Å². The van der Waals surface area contributed by atoms with Gasteiger partial charge in [-0.1, -0.05) is 22.0 Å². The molecule has 1 aromatic carbocycles. The minimum atomic E-state index is 0.0896. The third-order valence-electron chi connectivity index (χ3n) is 3.64. The van der Waals surface area contributed by atoms with Crippen molar-refractivity contribution < 1.29 is 4.74 Å². The van der Waals surface area contributed by atoms with E-state index in [4.69, 9.17) is 10.5 Å². The van der Waals surface area contributed by atoms with Crippen LogP contribution in [0.1, 0.15) is 36.1 Å². The van der Waals surface area contributed by atoms with Crippen LogP contribution >= 0.6 is 15.9 Å². The topological polar surface area (TPSA) is 35.2 Å². The largest absolute Gasteiger partial charge is 0.378 e. The average molecular weight is 298 g/mol. The number of hydrogen-bond acceptors (Lipinski definition) is 2. The molecule has 0 aromatic heterocycles. The van der Waals surface area contributed by atoms with Crippen molar-refractivity contribution in [3.05, 3.63) is 33.3 Å². The number of benzene rings is 1. The molecule has 1 aromatic rings. The van der Waals surface area contributed by atoms with Crippen molar-refractivity contribution in [3.63, 3.8) is 0 Å². The predicted octanol–water partition coefficient (Wildman–Crippen LogP) is 3.49. The van der Waals surface area contributed by atoms with E-state index in [1.165, 1.54) is 16.7 Å². The lowest BCUT2D eigenvalue weighted by atomic mass is 9.88. The molecule has 3 atom stereocenters. The lowest BCUT2D eigenvalue weighted by Gasteiger charge is -2.21. The van der Waals surface area contributed by atoms with Gasteiger partial charge in [-0.15, -0.1) is 0 Å². The molecule has 1 saturated heterocycles. The van der Waals surface area contributed by atoms with Gasteiger partial charge in [-0.05, 0) is 49.9 Å². The average Bonchev–Trinajstić information content (AvgIpc) is 2.69. The zero-order chi connectivity index (χ0) is 12.6. The lowest BCUT2D eigenvalue weighted by molar-refractivity contribution is 0.118. The fourth-order valence-electron chi connectivity index (χ4n) is 2.52. The lowest BCUT2D eigenvalue weighted by Crippen LogP contribution is -2.22. The van der Waals surface area contributed by atoms with Crippen LogP contribution in [-0.4, -0.2) is 12.7 Å². The van der Waals surface area contributed by atoms with Crippen LogP contribution in [0.15, 0.2) is 16.6 Å². The van der Waals surface area contributed by atoms with Gasteiger partial charge in [0.25, 0.3) is 0 Å². The summed E-state index contributed by atoms with van der Waals surface area (Å²) in [4.78, 5) is 0. The van der Waals surface area contributed by atoms with Gasteiger partial charge in [-0.3, -0.25) is 0 Å². The van der Waals surface area contributed by atoms with E-state index < -0.39 is 0 Å². The molecule has 17 heavy (non-hydrogen) atoms. The Bertz CT molecular complexity index is 419. The first-order chi connectivity index (χ1) is 7.99. The Morgan fingerprint density at radius 1 is 1.35 bits per heavy atom. The number of hydrogen-bond donors (Lipinski definition) is 1. The Kier molecular flexibility index (Phi) is 3.91. The monoisotopic (exact) mass is 297 g/mol. The van der Waals surface area contributed by atoms with E-state index >= 15 is 0 Å². The Morgan fingerprint density at radius 2 is 2.06 bits per heavy atom. The van der Waals surface area contributed by atoms with Gasteiger partial charge >= 0.3 is 0 Å². The molecule has 1 aliphatic heterocycles. The van der Waals surface area contributed by atoms with Crippen molar-refractivity contribution >= 4 is 15.9 Å². The van der Waals surface area contributed by atoms with Crippen LogP contribution in [-0.2, 0) is 4.74 Å². The van der Waals surface area contributed by atoms with E-state index in [1.807, 2.05) is 0 Å². The highest BCUT2D eigenvalue weighted by Crippen LogP contribution is 2.33. The van der Waals surface area contributed by atoms with Crippen LogP contribution < -0.4 is 5.73 Å². The molecule has 2 rings (SSSR count). The Morgan fingerprint density at radius 3 is 2.65 bits per heavy atom. The van der Waals surface area contributed by atoms with Crippen molar-refractivity contribution in [3.8, 4) is 0 Å². The summed E-state index contributed by atoms with van der Waals surface area (Å²) < 4.78 is 6.77. The van der Waals surface area contributed by atoms with Crippen LogP contribution in [0.3, 0.4) is 0 Å². The number of halogens is 1. The van der Waals surface area contributed by atoms with Crippen molar-refractivity contribution in [1.82, 2.24) is 0 Å². The summed E-state index contributed by atoms with van der Waals surface area (Å²) in [5.41, 5.74) is 10.1. The van der Waals surface area contributed by atoms with Gasteiger partial charge in [-0.25, -0.2) is 0 Å². The molecule has 1 aliphatic rings. The molecule has 0 radical (unpaired) electrons. The van der Waals surface area contributed by atoms with E-state index in [2.05, 4.69) is 48.8 Å². The molecular formula is C14H20BrNO. The van der Waals surface area contributed by atoms with Crippen molar-refractivity contribution in [1.29, 1.82) is 0 Å². The number of ether oxygens (including phenoxy) is 1. The van der Waals surface area contributed by atoms with E-state index in [9.17, 15) is 0 Å². The first kappa shape index (κ1) is 13.1. The zero-order valence-electron chi connectivity index (χ0n) is 10.7. The highest BCUT2D eigenvalue weighted by atomic mass is 79.9. The van der Waals surface area contributed by atoms with Gasteiger partial charge in [0, 0.05) is 16.4 Å². The molecule has 0 saturated carbocycles. The van der Waals surface area contributed by atoms with Crippen molar-refractivity contribution in [2.75, 3.05) is 6.61 Å². The van der Waals surface area contributed by atoms with Crippen LogP contribution in [0.2, 0.25) is 0 Å². The summed E-state index contributed by atoms with van der Waals surface area (Å²) in [6.07, 6.45) is 1.42. The Balaban J connectivity index is 2.24. The molecule has 1 heterocycles. The van der Waals surface area contributed by atoms with Gasteiger partial charge in [0.15, 0.2) is 0 Å². The summed E-state index contributed by atoms with van der Waals surface area (Å²) in [6, 6.07) is 4.45. The maximum atomic E-state index is 6.39. The second kappa shape index (κ2) is 5.09. The SMILES string of the molecule is Cc1cc(C(N)C2COC(C)C2)c(C)cc1Br. The number of rotatable bonds is 2. The van der Waals surface area contributed by atoms with E-state index in [0.717, 1.165) is 17.5 Å². The second-order valence-corrected chi connectivity index (χ2v) is 5.98. The zero-order valence-corrected chi connectivity index (χ0v) is 12.3.